The third-order valence-electron chi connectivity index (χ3n) is 2.82. The van der Waals surface area contributed by atoms with Gasteiger partial charge < -0.3 is 4.90 Å². The van der Waals surface area contributed by atoms with Gasteiger partial charge in [0, 0.05) is 18.5 Å². The fourth-order valence-electron chi connectivity index (χ4n) is 2.18. The molecule has 0 amide bonds. The van der Waals surface area contributed by atoms with Crippen molar-refractivity contribution in [2.75, 3.05) is 18.5 Å². The predicted octanol–water partition coefficient (Wildman–Crippen LogP) is 4.39. The zero-order chi connectivity index (χ0) is 14.2. The molecule has 0 spiro atoms. The number of fused-ring (bicyclic) bond motifs is 1. The van der Waals surface area contributed by atoms with E-state index in [1.54, 1.807) is 11.3 Å². The summed E-state index contributed by atoms with van der Waals surface area (Å²) in [5, 5.41) is 1.44. The van der Waals surface area contributed by atoms with E-state index in [2.05, 4.69) is 55.7 Å². The first-order valence-corrected chi connectivity index (χ1v) is 7.66. The SMILES string of the molecule is CCc1cc2c(N(C)CC(C)(C)C)nc(Cl)nc2s1. The number of halogens is 1. The van der Waals surface area contributed by atoms with Crippen LogP contribution in [-0.4, -0.2) is 23.6 Å². The van der Waals surface area contributed by atoms with Gasteiger partial charge in [0.05, 0.1) is 5.39 Å². The third-order valence-corrected chi connectivity index (χ3v) is 4.16. The summed E-state index contributed by atoms with van der Waals surface area (Å²) in [7, 11) is 2.06. The van der Waals surface area contributed by atoms with Crippen LogP contribution >= 0.6 is 22.9 Å². The van der Waals surface area contributed by atoms with Crippen LogP contribution < -0.4 is 4.90 Å². The smallest absolute Gasteiger partial charge is 0.225 e. The van der Waals surface area contributed by atoms with Crippen molar-refractivity contribution in [1.82, 2.24) is 9.97 Å². The van der Waals surface area contributed by atoms with Gasteiger partial charge in [-0.25, -0.2) is 4.98 Å². The Morgan fingerprint density at radius 2 is 2.00 bits per heavy atom. The zero-order valence-electron chi connectivity index (χ0n) is 12.1. The molecular formula is C14H20ClN3S. The number of rotatable bonds is 3. The highest BCUT2D eigenvalue weighted by atomic mass is 35.5. The van der Waals surface area contributed by atoms with E-state index in [0.29, 0.717) is 5.28 Å². The van der Waals surface area contributed by atoms with Crippen molar-refractivity contribution in [2.24, 2.45) is 5.41 Å². The second kappa shape index (κ2) is 5.25. The minimum Gasteiger partial charge on any atom is -0.358 e. The van der Waals surface area contributed by atoms with Gasteiger partial charge in [0.25, 0.3) is 0 Å². The number of nitrogens with zero attached hydrogens (tertiary/aromatic N) is 3. The van der Waals surface area contributed by atoms with E-state index in [1.807, 2.05) is 0 Å². The Morgan fingerprint density at radius 3 is 2.58 bits per heavy atom. The molecule has 0 bridgehead atoms. The number of anilines is 1. The van der Waals surface area contributed by atoms with Crippen LogP contribution in [0.4, 0.5) is 5.82 Å². The van der Waals surface area contributed by atoms with Gasteiger partial charge in [-0.15, -0.1) is 11.3 Å². The van der Waals surface area contributed by atoms with Crippen molar-refractivity contribution in [3.63, 3.8) is 0 Å². The normalized spacial score (nSPS) is 12.1. The van der Waals surface area contributed by atoms with Gasteiger partial charge in [-0.3, -0.25) is 0 Å². The molecule has 0 atom stereocenters. The Balaban J connectivity index is 2.49. The van der Waals surface area contributed by atoms with E-state index in [4.69, 9.17) is 11.6 Å². The highest BCUT2D eigenvalue weighted by Crippen LogP contribution is 2.32. The molecule has 104 valence electrons. The Kier molecular flexibility index (Phi) is 4.02. The van der Waals surface area contributed by atoms with Gasteiger partial charge in [0.15, 0.2) is 0 Å². The number of aryl methyl sites for hydroxylation is 1. The molecule has 2 aromatic heterocycles. The Labute approximate surface area is 123 Å². The van der Waals surface area contributed by atoms with Crippen molar-refractivity contribution < 1.29 is 0 Å². The maximum Gasteiger partial charge on any atom is 0.225 e. The minimum atomic E-state index is 0.210. The van der Waals surface area contributed by atoms with Crippen molar-refractivity contribution in [1.29, 1.82) is 0 Å². The molecule has 0 aliphatic heterocycles. The minimum absolute atomic E-state index is 0.210. The topological polar surface area (TPSA) is 29.0 Å². The molecule has 0 aliphatic carbocycles. The Bertz CT molecular complexity index is 586. The molecule has 2 heterocycles. The Morgan fingerprint density at radius 1 is 1.32 bits per heavy atom. The van der Waals surface area contributed by atoms with E-state index in [1.165, 1.54) is 4.88 Å². The third kappa shape index (κ3) is 3.37. The molecular weight excluding hydrogens is 278 g/mol. The second-order valence-corrected chi connectivity index (χ2v) is 7.47. The summed E-state index contributed by atoms with van der Waals surface area (Å²) in [6.07, 6.45) is 1.01. The highest BCUT2D eigenvalue weighted by Gasteiger charge is 2.18. The lowest BCUT2D eigenvalue weighted by Crippen LogP contribution is -2.29. The highest BCUT2D eigenvalue weighted by molar-refractivity contribution is 7.18. The van der Waals surface area contributed by atoms with Crippen LogP contribution in [-0.2, 0) is 6.42 Å². The summed E-state index contributed by atoms with van der Waals surface area (Å²) in [6.45, 7) is 9.72. The molecule has 0 aromatic carbocycles. The van der Waals surface area contributed by atoms with Crippen LogP contribution in [0.2, 0.25) is 5.28 Å². The maximum absolute atomic E-state index is 6.05. The first-order valence-electron chi connectivity index (χ1n) is 6.47. The molecule has 0 radical (unpaired) electrons. The molecule has 3 nitrogen and oxygen atoms in total. The Hall–Kier alpha value is -0.870. The summed E-state index contributed by atoms with van der Waals surface area (Å²) in [5.41, 5.74) is 0.210. The molecule has 2 aromatic rings. The van der Waals surface area contributed by atoms with Crippen LogP contribution in [0, 0.1) is 5.41 Å². The summed E-state index contributed by atoms with van der Waals surface area (Å²) in [4.78, 5) is 13.2. The van der Waals surface area contributed by atoms with Crippen molar-refractivity contribution >= 4 is 39.0 Å². The number of hydrogen-bond donors (Lipinski definition) is 0. The monoisotopic (exact) mass is 297 g/mol. The van der Waals surface area contributed by atoms with Crippen molar-refractivity contribution in [3.05, 3.63) is 16.2 Å². The fraction of sp³-hybridized carbons (Fsp3) is 0.571. The van der Waals surface area contributed by atoms with E-state index in [0.717, 1.165) is 29.0 Å². The first-order chi connectivity index (χ1) is 8.80. The van der Waals surface area contributed by atoms with E-state index < -0.39 is 0 Å². The van der Waals surface area contributed by atoms with Crippen LogP contribution in [0.3, 0.4) is 0 Å². The first kappa shape index (κ1) is 14.5. The molecule has 0 fully saturated rings. The second-order valence-electron chi connectivity index (χ2n) is 6.02. The number of hydrogen-bond acceptors (Lipinski definition) is 4. The number of thiophene rings is 1. The summed E-state index contributed by atoms with van der Waals surface area (Å²) in [5.74, 6) is 0.931. The lowest BCUT2D eigenvalue weighted by molar-refractivity contribution is 0.418. The van der Waals surface area contributed by atoms with Crippen LogP contribution in [0.15, 0.2) is 6.07 Å². The molecule has 0 unspecified atom stereocenters. The van der Waals surface area contributed by atoms with Crippen LogP contribution in [0.5, 0.6) is 0 Å². The molecule has 0 N–H and O–H groups in total. The van der Waals surface area contributed by atoms with Gasteiger partial charge in [-0.05, 0) is 29.5 Å². The maximum atomic E-state index is 6.05. The van der Waals surface area contributed by atoms with Crippen LogP contribution in [0.1, 0.15) is 32.6 Å². The van der Waals surface area contributed by atoms with E-state index in [-0.39, 0.29) is 5.41 Å². The van der Waals surface area contributed by atoms with Crippen LogP contribution in [0.25, 0.3) is 10.2 Å². The molecule has 2 rings (SSSR count). The quantitative estimate of drug-likeness (QED) is 0.787. The molecule has 0 saturated carbocycles. The van der Waals surface area contributed by atoms with Gasteiger partial charge in [-0.1, -0.05) is 27.7 Å². The number of aromatic nitrogens is 2. The summed E-state index contributed by atoms with van der Waals surface area (Å²) < 4.78 is 0. The van der Waals surface area contributed by atoms with E-state index >= 15 is 0 Å². The van der Waals surface area contributed by atoms with Gasteiger partial charge >= 0.3 is 0 Å². The molecule has 5 heteroatoms. The lowest BCUT2D eigenvalue weighted by atomic mass is 9.96. The van der Waals surface area contributed by atoms with Crippen molar-refractivity contribution in [2.45, 2.75) is 34.1 Å². The van der Waals surface area contributed by atoms with E-state index in [9.17, 15) is 0 Å². The summed E-state index contributed by atoms with van der Waals surface area (Å²) >= 11 is 7.75. The molecule has 0 saturated heterocycles. The average Bonchev–Trinajstić information content (AvgIpc) is 2.68. The average molecular weight is 298 g/mol. The largest absolute Gasteiger partial charge is 0.358 e. The van der Waals surface area contributed by atoms with Crippen molar-refractivity contribution in [3.8, 4) is 0 Å². The zero-order valence-corrected chi connectivity index (χ0v) is 13.7. The lowest BCUT2D eigenvalue weighted by Gasteiger charge is -2.27. The van der Waals surface area contributed by atoms with Gasteiger partial charge in [-0.2, -0.15) is 4.98 Å². The molecule has 0 aliphatic rings. The van der Waals surface area contributed by atoms with Gasteiger partial charge in [0.1, 0.15) is 10.6 Å². The molecule has 19 heavy (non-hydrogen) atoms. The summed E-state index contributed by atoms with van der Waals surface area (Å²) in [6, 6.07) is 2.19. The standard InChI is InChI=1S/C14H20ClN3S/c1-6-9-7-10-11(18(5)8-14(2,3)4)16-13(15)17-12(10)19-9/h7H,6,8H2,1-5H3. The van der Waals surface area contributed by atoms with Gasteiger partial charge in [0.2, 0.25) is 5.28 Å². The predicted molar refractivity (Wildman–Crippen MR) is 84.5 cm³/mol. The fourth-order valence-corrected chi connectivity index (χ4v) is 3.36.